The molecular formula is C19H23Cl2N3O. The predicted molar refractivity (Wildman–Crippen MR) is 106 cm³/mol. The Labute approximate surface area is 159 Å². The number of amides is 1. The first-order chi connectivity index (χ1) is 11.8. The Morgan fingerprint density at radius 1 is 1.04 bits per heavy atom. The standard InChI is InChI=1S/C19H23Cl2N3O/c1-23(2)15-8-5-13(6-9-15)18(24(3)4)12-22-19(25)16-10-7-14(20)11-17(16)21/h5-11,18H,12H2,1-4H3,(H,22,25). The van der Waals surface area contributed by atoms with E-state index in [-0.39, 0.29) is 11.9 Å². The van der Waals surface area contributed by atoms with Gasteiger partial charge < -0.3 is 15.1 Å². The first-order valence-electron chi connectivity index (χ1n) is 7.96. The number of carbonyl (C=O) groups is 1. The number of nitrogens with zero attached hydrogens (tertiary/aromatic N) is 2. The van der Waals surface area contributed by atoms with E-state index in [4.69, 9.17) is 23.2 Å². The van der Waals surface area contributed by atoms with Crippen LogP contribution in [-0.2, 0) is 0 Å². The lowest BCUT2D eigenvalue weighted by molar-refractivity contribution is 0.0942. The Morgan fingerprint density at radius 2 is 1.68 bits per heavy atom. The number of halogens is 2. The number of likely N-dealkylation sites (N-methyl/N-ethyl adjacent to an activating group) is 1. The molecule has 0 aliphatic heterocycles. The van der Waals surface area contributed by atoms with E-state index < -0.39 is 0 Å². The fraction of sp³-hybridized carbons (Fsp3) is 0.316. The van der Waals surface area contributed by atoms with Gasteiger partial charge in [0, 0.05) is 31.4 Å². The van der Waals surface area contributed by atoms with Crippen LogP contribution in [0.15, 0.2) is 42.5 Å². The van der Waals surface area contributed by atoms with Gasteiger partial charge >= 0.3 is 0 Å². The summed E-state index contributed by atoms with van der Waals surface area (Å²) in [4.78, 5) is 16.5. The van der Waals surface area contributed by atoms with E-state index in [9.17, 15) is 4.79 Å². The number of hydrogen-bond acceptors (Lipinski definition) is 3. The molecule has 0 spiro atoms. The molecule has 4 nitrogen and oxygen atoms in total. The number of hydrogen-bond donors (Lipinski definition) is 1. The molecule has 0 saturated heterocycles. The highest BCUT2D eigenvalue weighted by molar-refractivity contribution is 6.36. The van der Waals surface area contributed by atoms with Crippen molar-refractivity contribution < 1.29 is 4.79 Å². The molecule has 0 aromatic heterocycles. The van der Waals surface area contributed by atoms with Crippen molar-refractivity contribution in [1.82, 2.24) is 10.2 Å². The minimum absolute atomic E-state index is 0.0613. The smallest absolute Gasteiger partial charge is 0.252 e. The summed E-state index contributed by atoms with van der Waals surface area (Å²) >= 11 is 12.0. The van der Waals surface area contributed by atoms with Crippen molar-refractivity contribution in [2.24, 2.45) is 0 Å². The molecule has 2 aromatic carbocycles. The quantitative estimate of drug-likeness (QED) is 0.820. The Kier molecular flexibility index (Phi) is 6.71. The van der Waals surface area contributed by atoms with E-state index in [0.29, 0.717) is 22.2 Å². The van der Waals surface area contributed by atoms with Crippen LogP contribution in [-0.4, -0.2) is 45.5 Å². The fourth-order valence-corrected chi connectivity index (χ4v) is 3.05. The molecular weight excluding hydrogens is 357 g/mol. The average molecular weight is 380 g/mol. The second-order valence-corrected chi connectivity index (χ2v) is 7.14. The van der Waals surface area contributed by atoms with Crippen molar-refractivity contribution >= 4 is 34.8 Å². The van der Waals surface area contributed by atoms with Gasteiger partial charge in [-0.3, -0.25) is 4.79 Å². The Balaban J connectivity index is 2.10. The van der Waals surface area contributed by atoms with Crippen LogP contribution in [0.3, 0.4) is 0 Å². The molecule has 0 bridgehead atoms. The summed E-state index contributed by atoms with van der Waals surface area (Å²) in [6.07, 6.45) is 0. The summed E-state index contributed by atoms with van der Waals surface area (Å²) in [6, 6.07) is 13.2. The van der Waals surface area contributed by atoms with Gasteiger partial charge in [-0.1, -0.05) is 35.3 Å². The molecule has 2 rings (SSSR count). The Bertz CT molecular complexity index is 730. The number of rotatable bonds is 6. The van der Waals surface area contributed by atoms with E-state index in [2.05, 4.69) is 39.4 Å². The maximum Gasteiger partial charge on any atom is 0.252 e. The molecule has 0 radical (unpaired) electrons. The lowest BCUT2D eigenvalue weighted by Crippen LogP contribution is -2.34. The van der Waals surface area contributed by atoms with E-state index >= 15 is 0 Å². The van der Waals surface area contributed by atoms with Crippen LogP contribution in [0.4, 0.5) is 5.69 Å². The highest BCUT2D eigenvalue weighted by Gasteiger charge is 2.17. The van der Waals surface area contributed by atoms with Gasteiger partial charge in [0.1, 0.15) is 0 Å². The zero-order chi connectivity index (χ0) is 18.6. The summed E-state index contributed by atoms with van der Waals surface area (Å²) in [5.74, 6) is -0.210. The third kappa shape index (κ3) is 5.11. The number of benzene rings is 2. The molecule has 0 fully saturated rings. The van der Waals surface area contributed by atoms with Crippen LogP contribution in [0.1, 0.15) is 22.0 Å². The monoisotopic (exact) mass is 379 g/mol. The molecule has 0 aliphatic rings. The number of anilines is 1. The fourth-order valence-electron chi connectivity index (χ4n) is 2.55. The largest absolute Gasteiger partial charge is 0.378 e. The van der Waals surface area contributed by atoms with Crippen molar-refractivity contribution in [1.29, 1.82) is 0 Å². The van der Waals surface area contributed by atoms with Gasteiger partial charge in [0.15, 0.2) is 0 Å². The third-order valence-corrected chi connectivity index (χ3v) is 4.60. The molecule has 1 amide bonds. The van der Waals surface area contributed by atoms with Crippen molar-refractivity contribution in [2.75, 3.05) is 39.6 Å². The minimum Gasteiger partial charge on any atom is -0.378 e. The van der Waals surface area contributed by atoms with Crippen LogP contribution >= 0.6 is 23.2 Å². The second-order valence-electron chi connectivity index (χ2n) is 6.30. The van der Waals surface area contributed by atoms with E-state index in [1.807, 2.05) is 28.2 Å². The highest BCUT2D eigenvalue weighted by atomic mass is 35.5. The average Bonchev–Trinajstić information content (AvgIpc) is 2.55. The van der Waals surface area contributed by atoms with Gasteiger partial charge in [-0.05, 0) is 50.0 Å². The summed E-state index contributed by atoms with van der Waals surface area (Å²) in [5, 5.41) is 3.81. The van der Waals surface area contributed by atoms with Crippen LogP contribution in [0.5, 0.6) is 0 Å². The molecule has 134 valence electrons. The molecule has 0 saturated carbocycles. The molecule has 2 aromatic rings. The van der Waals surface area contributed by atoms with Crippen LogP contribution < -0.4 is 10.2 Å². The molecule has 0 aliphatic carbocycles. The topological polar surface area (TPSA) is 35.6 Å². The van der Waals surface area contributed by atoms with Crippen LogP contribution in [0.25, 0.3) is 0 Å². The predicted octanol–water partition coefficient (Wildman–Crippen LogP) is 4.09. The SMILES string of the molecule is CN(C)c1ccc(C(CNC(=O)c2ccc(Cl)cc2Cl)N(C)C)cc1. The molecule has 6 heteroatoms. The van der Waals surface area contributed by atoms with Gasteiger partial charge in [-0.2, -0.15) is 0 Å². The van der Waals surface area contributed by atoms with Crippen molar-refractivity contribution in [3.05, 3.63) is 63.6 Å². The van der Waals surface area contributed by atoms with E-state index in [1.165, 1.54) is 0 Å². The van der Waals surface area contributed by atoms with Gasteiger partial charge in [0.05, 0.1) is 16.6 Å². The van der Waals surface area contributed by atoms with E-state index in [0.717, 1.165) is 11.3 Å². The van der Waals surface area contributed by atoms with Gasteiger partial charge in [-0.15, -0.1) is 0 Å². The Hall–Kier alpha value is -1.75. The summed E-state index contributed by atoms with van der Waals surface area (Å²) in [5.41, 5.74) is 2.70. The molecule has 25 heavy (non-hydrogen) atoms. The highest BCUT2D eigenvalue weighted by Crippen LogP contribution is 2.23. The lowest BCUT2D eigenvalue weighted by atomic mass is 10.0. The van der Waals surface area contributed by atoms with Crippen molar-refractivity contribution in [3.63, 3.8) is 0 Å². The summed E-state index contributed by atoms with van der Waals surface area (Å²) in [7, 11) is 8.00. The van der Waals surface area contributed by atoms with Crippen LogP contribution in [0, 0.1) is 0 Å². The van der Waals surface area contributed by atoms with Crippen LogP contribution in [0.2, 0.25) is 10.0 Å². The molecule has 1 unspecified atom stereocenters. The maximum atomic E-state index is 12.4. The minimum atomic E-state index is -0.210. The summed E-state index contributed by atoms with van der Waals surface area (Å²) < 4.78 is 0. The lowest BCUT2D eigenvalue weighted by Gasteiger charge is -2.26. The summed E-state index contributed by atoms with van der Waals surface area (Å²) in [6.45, 7) is 0.478. The second kappa shape index (κ2) is 8.56. The van der Waals surface area contributed by atoms with Gasteiger partial charge in [0.2, 0.25) is 0 Å². The van der Waals surface area contributed by atoms with Gasteiger partial charge in [0.25, 0.3) is 5.91 Å². The maximum absolute atomic E-state index is 12.4. The number of nitrogens with one attached hydrogen (secondary N) is 1. The zero-order valence-electron chi connectivity index (χ0n) is 14.9. The van der Waals surface area contributed by atoms with Crippen molar-refractivity contribution in [2.45, 2.75) is 6.04 Å². The van der Waals surface area contributed by atoms with Gasteiger partial charge in [-0.25, -0.2) is 0 Å². The number of carbonyl (C=O) groups excluding carboxylic acids is 1. The molecule has 1 N–H and O–H groups in total. The molecule has 1 atom stereocenters. The zero-order valence-corrected chi connectivity index (χ0v) is 16.4. The molecule has 0 heterocycles. The first-order valence-corrected chi connectivity index (χ1v) is 8.72. The van der Waals surface area contributed by atoms with Crippen molar-refractivity contribution in [3.8, 4) is 0 Å². The third-order valence-electron chi connectivity index (χ3n) is 4.05. The normalized spacial score (nSPS) is 12.1. The first kappa shape index (κ1) is 19.6. The Morgan fingerprint density at radius 3 is 2.20 bits per heavy atom. The van der Waals surface area contributed by atoms with E-state index in [1.54, 1.807) is 18.2 Å².